The number of hydrogen-bond donors (Lipinski definition) is 0. The van der Waals surface area contributed by atoms with Gasteiger partial charge in [0.25, 0.3) is 0 Å². The number of methoxy groups -OCH3 is 1. The number of benzene rings is 1. The van der Waals surface area contributed by atoms with E-state index in [0.717, 1.165) is 5.56 Å². The molecule has 0 saturated carbocycles. The zero-order valence-corrected chi connectivity index (χ0v) is 8.13. The number of rotatable bonds is 4. The summed E-state index contributed by atoms with van der Waals surface area (Å²) in [6.45, 7) is 0. The van der Waals surface area contributed by atoms with Crippen molar-refractivity contribution < 1.29 is 13.9 Å². The van der Waals surface area contributed by atoms with Crippen molar-refractivity contribution in [1.82, 2.24) is 0 Å². The van der Waals surface area contributed by atoms with Crippen LogP contribution in [0.5, 0.6) is 0 Å². The molecular formula is C11H13FO2. The Morgan fingerprint density at radius 1 is 1.50 bits per heavy atom. The van der Waals surface area contributed by atoms with Crippen molar-refractivity contribution in [3.05, 3.63) is 35.6 Å². The van der Waals surface area contributed by atoms with E-state index in [2.05, 4.69) is 4.74 Å². The van der Waals surface area contributed by atoms with Crippen LogP contribution in [-0.2, 0) is 16.0 Å². The van der Waals surface area contributed by atoms with Crippen LogP contribution in [0, 0.1) is 5.82 Å². The van der Waals surface area contributed by atoms with Gasteiger partial charge in [-0.1, -0.05) is 12.1 Å². The van der Waals surface area contributed by atoms with Gasteiger partial charge in [0, 0.05) is 6.42 Å². The zero-order valence-electron chi connectivity index (χ0n) is 8.13. The SMILES string of the molecule is COC(=O)CCCc1cccc(F)c1. The summed E-state index contributed by atoms with van der Waals surface area (Å²) >= 11 is 0. The highest BCUT2D eigenvalue weighted by Crippen LogP contribution is 2.07. The van der Waals surface area contributed by atoms with Gasteiger partial charge in [0.05, 0.1) is 7.11 Å². The second-order valence-corrected chi connectivity index (χ2v) is 3.06. The Morgan fingerprint density at radius 3 is 2.93 bits per heavy atom. The summed E-state index contributed by atoms with van der Waals surface area (Å²) in [5, 5.41) is 0. The van der Waals surface area contributed by atoms with E-state index in [-0.39, 0.29) is 11.8 Å². The number of esters is 1. The van der Waals surface area contributed by atoms with Crippen LogP contribution in [0.1, 0.15) is 18.4 Å². The highest BCUT2D eigenvalue weighted by atomic mass is 19.1. The molecule has 0 N–H and O–H groups in total. The summed E-state index contributed by atoms with van der Waals surface area (Å²) in [5.41, 5.74) is 0.911. The van der Waals surface area contributed by atoms with E-state index in [1.54, 1.807) is 6.07 Å². The van der Waals surface area contributed by atoms with Crippen LogP contribution in [0.25, 0.3) is 0 Å². The first kappa shape index (κ1) is 10.7. The maximum Gasteiger partial charge on any atom is 0.305 e. The highest BCUT2D eigenvalue weighted by Gasteiger charge is 2.00. The first-order valence-electron chi connectivity index (χ1n) is 4.53. The number of carbonyl (C=O) groups excluding carboxylic acids is 1. The highest BCUT2D eigenvalue weighted by molar-refractivity contribution is 5.69. The van der Waals surface area contributed by atoms with Crippen LogP contribution in [-0.4, -0.2) is 13.1 Å². The van der Waals surface area contributed by atoms with Gasteiger partial charge in [0.15, 0.2) is 0 Å². The Balaban J connectivity index is 2.35. The monoisotopic (exact) mass is 196 g/mol. The van der Waals surface area contributed by atoms with Crippen LogP contribution in [0.2, 0.25) is 0 Å². The number of halogens is 1. The molecule has 1 aromatic carbocycles. The van der Waals surface area contributed by atoms with Gasteiger partial charge in [-0.15, -0.1) is 0 Å². The standard InChI is InChI=1S/C11H13FO2/c1-14-11(13)7-3-5-9-4-2-6-10(12)8-9/h2,4,6,8H,3,5,7H2,1H3. The zero-order chi connectivity index (χ0) is 10.4. The fourth-order valence-corrected chi connectivity index (χ4v) is 1.23. The van der Waals surface area contributed by atoms with E-state index in [1.165, 1.54) is 19.2 Å². The topological polar surface area (TPSA) is 26.3 Å². The van der Waals surface area contributed by atoms with E-state index in [9.17, 15) is 9.18 Å². The molecule has 76 valence electrons. The Kier molecular flexibility index (Phi) is 4.11. The molecule has 0 unspecified atom stereocenters. The fourth-order valence-electron chi connectivity index (χ4n) is 1.23. The van der Waals surface area contributed by atoms with Gasteiger partial charge in [0.2, 0.25) is 0 Å². The summed E-state index contributed by atoms with van der Waals surface area (Å²) < 4.78 is 17.2. The lowest BCUT2D eigenvalue weighted by molar-refractivity contribution is -0.140. The van der Waals surface area contributed by atoms with Crippen LogP contribution in [0.15, 0.2) is 24.3 Å². The summed E-state index contributed by atoms with van der Waals surface area (Å²) in [5.74, 6) is -0.457. The molecule has 14 heavy (non-hydrogen) atoms. The molecule has 0 aliphatic rings. The molecule has 0 bridgehead atoms. The first-order valence-corrected chi connectivity index (χ1v) is 4.53. The molecule has 0 atom stereocenters. The number of aryl methyl sites for hydroxylation is 1. The summed E-state index contributed by atoms with van der Waals surface area (Å²) in [4.78, 5) is 10.8. The van der Waals surface area contributed by atoms with E-state index in [1.807, 2.05) is 6.07 Å². The second kappa shape index (κ2) is 5.37. The lowest BCUT2D eigenvalue weighted by Crippen LogP contribution is -2.00. The third-order valence-corrected chi connectivity index (χ3v) is 1.96. The minimum atomic E-state index is -0.236. The van der Waals surface area contributed by atoms with E-state index in [4.69, 9.17) is 0 Å². The lowest BCUT2D eigenvalue weighted by Gasteiger charge is -2.00. The molecule has 3 heteroatoms. The maximum absolute atomic E-state index is 12.7. The molecule has 1 aromatic rings. The molecule has 0 fully saturated rings. The fraction of sp³-hybridized carbons (Fsp3) is 0.364. The minimum absolute atomic E-state index is 0.221. The van der Waals surface area contributed by atoms with Gasteiger partial charge < -0.3 is 4.74 Å². The largest absolute Gasteiger partial charge is 0.469 e. The lowest BCUT2D eigenvalue weighted by atomic mass is 10.1. The van der Waals surface area contributed by atoms with Crippen LogP contribution >= 0.6 is 0 Å². The smallest absolute Gasteiger partial charge is 0.305 e. The van der Waals surface area contributed by atoms with Crippen LogP contribution < -0.4 is 0 Å². The third kappa shape index (κ3) is 3.56. The van der Waals surface area contributed by atoms with Gasteiger partial charge in [-0.05, 0) is 30.5 Å². The molecule has 0 aliphatic heterocycles. The van der Waals surface area contributed by atoms with Crippen LogP contribution in [0.4, 0.5) is 4.39 Å². The Bertz CT molecular complexity index is 310. The summed E-state index contributed by atoms with van der Waals surface area (Å²) in [6, 6.07) is 6.41. The summed E-state index contributed by atoms with van der Waals surface area (Å²) in [7, 11) is 1.37. The molecule has 2 nitrogen and oxygen atoms in total. The third-order valence-electron chi connectivity index (χ3n) is 1.96. The van der Waals surface area contributed by atoms with E-state index < -0.39 is 0 Å². The molecule has 0 aromatic heterocycles. The molecule has 0 radical (unpaired) electrons. The van der Waals surface area contributed by atoms with Gasteiger partial charge in [-0.2, -0.15) is 0 Å². The van der Waals surface area contributed by atoms with Gasteiger partial charge >= 0.3 is 5.97 Å². The predicted molar refractivity (Wildman–Crippen MR) is 51.4 cm³/mol. The van der Waals surface area contributed by atoms with Crippen molar-refractivity contribution in [1.29, 1.82) is 0 Å². The summed E-state index contributed by atoms with van der Waals surface area (Å²) in [6.07, 6.45) is 1.77. The molecule has 0 amide bonds. The average Bonchev–Trinajstić information content (AvgIpc) is 2.17. The van der Waals surface area contributed by atoms with Crippen molar-refractivity contribution in [3.63, 3.8) is 0 Å². The van der Waals surface area contributed by atoms with Crippen molar-refractivity contribution >= 4 is 5.97 Å². The Labute approximate surface area is 82.7 Å². The number of hydrogen-bond acceptors (Lipinski definition) is 2. The predicted octanol–water partition coefficient (Wildman–Crippen LogP) is 2.32. The molecular weight excluding hydrogens is 183 g/mol. The van der Waals surface area contributed by atoms with Crippen molar-refractivity contribution in [2.24, 2.45) is 0 Å². The van der Waals surface area contributed by atoms with E-state index >= 15 is 0 Å². The van der Waals surface area contributed by atoms with Crippen LogP contribution in [0.3, 0.4) is 0 Å². The minimum Gasteiger partial charge on any atom is -0.469 e. The second-order valence-electron chi connectivity index (χ2n) is 3.06. The van der Waals surface area contributed by atoms with Gasteiger partial charge in [0.1, 0.15) is 5.82 Å². The van der Waals surface area contributed by atoms with Crippen molar-refractivity contribution in [3.8, 4) is 0 Å². The van der Waals surface area contributed by atoms with Gasteiger partial charge in [-0.3, -0.25) is 4.79 Å². The Hall–Kier alpha value is -1.38. The number of carbonyl (C=O) groups is 1. The molecule has 0 heterocycles. The normalized spacial score (nSPS) is 9.86. The quantitative estimate of drug-likeness (QED) is 0.691. The van der Waals surface area contributed by atoms with Crippen molar-refractivity contribution in [2.75, 3.05) is 7.11 Å². The average molecular weight is 196 g/mol. The molecule has 0 aliphatic carbocycles. The van der Waals surface area contributed by atoms with E-state index in [0.29, 0.717) is 19.3 Å². The molecule has 0 saturated heterocycles. The molecule has 0 spiro atoms. The maximum atomic E-state index is 12.7. The Morgan fingerprint density at radius 2 is 2.29 bits per heavy atom. The van der Waals surface area contributed by atoms with Crippen molar-refractivity contribution in [2.45, 2.75) is 19.3 Å². The van der Waals surface area contributed by atoms with Gasteiger partial charge in [-0.25, -0.2) is 4.39 Å². The molecule has 1 rings (SSSR count). The first-order chi connectivity index (χ1) is 6.72. The number of ether oxygens (including phenoxy) is 1.